The minimum atomic E-state index is -3.56. The Bertz CT molecular complexity index is 1050. The van der Waals surface area contributed by atoms with Crippen LogP contribution in [0, 0.1) is 0 Å². The first-order valence-electron chi connectivity index (χ1n) is 23.3. The van der Waals surface area contributed by atoms with Crippen molar-refractivity contribution in [3.8, 4) is 0 Å². The van der Waals surface area contributed by atoms with E-state index in [0.29, 0.717) is 50.3 Å². The first-order valence-corrected chi connectivity index (χ1v) is 26.2. The second-order valence-corrected chi connectivity index (χ2v) is 20.0. The number of ether oxygens (including phenoxy) is 3. The van der Waals surface area contributed by atoms with Gasteiger partial charge >= 0.3 is 26.7 Å². The highest BCUT2D eigenvalue weighted by Gasteiger charge is 2.55. The van der Waals surface area contributed by atoms with Crippen molar-refractivity contribution in [2.75, 3.05) is 19.0 Å². The van der Waals surface area contributed by atoms with Crippen LogP contribution in [0.1, 0.15) is 222 Å². The summed E-state index contributed by atoms with van der Waals surface area (Å²) in [7, 11) is -3.56. The van der Waals surface area contributed by atoms with Gasteiger partial charge in [-0.3, -0.25) is 19.2 Å². The van der Waals surface area contributed by atoms with Gasteiger partial charge in [0.25, 0.3) is 5.79 Å². The van der Waals surface area contributed by atoms with Crippen LogP contribution in [0.2, 0.25) is 6.04 Å². The first-order chi connectivity index (χ1) is 27.5. The maximum Gasteiger partial charge on any atom is 0.501 e. The summed E-state index contributed by atoms with van der Waals surface area (Å²) >= 11 is 1.33. The standard InChI is InChI=1S/C45H84O10SSi/c1-8-14-18-22-26-31-40(46)52-44(12-5)37-50-57(51-38-44,36-30-35-56-43(49)34-29-25-21-17-11-4)55-39(7)45(13-6,53-41(47)32-27-23-19-15-9-2)54-42(48)33-28-24-20-16-10-3/h39H,8-38H2,1-7H3. The Hall–Kier alpha value is -1.47. The van der Waals surface area contributed by atoms with Gasteiger partial charge in [0, 0.05) is 43.9 Å². The van der Waals surface area contributed by atoms with Crippen LogP contribution in [0.5, 0.6) is 0 Å². The zero-order chi connectivity index (χ0) is 42.3. The molecule has 57 heavy (non-hydrogen) atoms. The van der Waals surface area contributed by atoms with E-state index in [4.69, 9.17) is 27.5 Å². The normalized spacial score (nSPS) is 18.9. The number of carbonyl (C=O) groups excluding carboxylic acids is 4. The fourth-order valence-electron chi connectivity index (χ4n) is 6.97. The molecule has 0 aromatic heterocycles. The monoisotopic (exact) mass is 845 g/mol. The van der Waals surface area contributed by atoms with Crippen molar-refractivity contribution in [2.24, 2.45) is 0 Å². The van der Waals surface area contributed by atoms with Crippen LogP contribution in [-0.4, -0.2) is 68.3 Å². The Morgan fingerprint density at radius 1 is 0.596 bits per heavy atom. The molecule has 1 atom stereocenters. The van der Waals surface area contributed by atoms with E-state index in [0.717, 1.165) is 103 Å². The van der Waals surface area contributed by atoms with E-state index in [2.05, 4.69) is 27.7 Å². The molecule has 1 heterocycles. The van der Waals surface area contributed by atoms with Gasteiger partial charge in [-0.15, -0.1) is 0 Å². The minimum Gasteiger partial charge on any atom is -0.454 e. The highest BCUT2D eigenvalue weighted by atomic mass is 32.2. The Balaban J connectivity index is 3.22. The average Bonchev–Trinajstić information content (AvgIpc) is 3.20. The van der Waals surface area contributed by atoms with E-state index in [9.17, 15) is 19.2 Å². The summed E-state index contributed by atoms with van der Waals surface area (Å²) in [5.74, 6) is -2.23. The molecular weight excluding hydrogens is 761 g/mol. The van der Waals surface area contributed by atoms with Crippen LogP contribution in [0.3, 0.4) is 0 Å². The number of carbonyl (C=O) groups is 4. The van der Waals surface area contributed by atoms with Crippen LogP contribution < -0.4 is 0 Å². The minimum absolute atomic E-state index is 0.0993. The number of rotatable bonds is 36. The van der Waals surface area contributed by atoms with Crippen LogP contribution >= 0.6 is 11.8 Å². The lowest BCUT2D eigenvalue weighted by Gasteiger charge is -2.46. The van der Waals surface area contributed by atoms with E-state index in [1.54, 1.807) is 6.92 Å². The molecule has 0 aromatic carbocycles. The quantitative estimate of drug-likeness (QED) is 0.0259. The third-order valence-electron chi connectivity index (χ3n) is 11.0. The summed E-state index contributed by atoms with van der Waals surface area (Å²) in [6, 6.07) is 0.399. The highest BCUT2D eigenvalue weighted by molar-refractivity contribution is 8.13. The molecule has 1 fully saturated rings. The molecule has 1 aliphatic heterocycles. The molecule has 0 amide bonds. The fourth-order valence-corrected chi connectivity index (χ4v) is 11.0. The van der Waals surface area contributed by atoms with Crippen LogP contribution in [0.4, 0.5) is 0 Å². The van der Waals surface area contributed by atoms with Crippen LogP contribution in [-0.2, 0) is 46.7 Å². The molecule has 1 rings (SSSR count). The van der Waals surface area contributed by atoms with Crippen LogP contribution in [0.25, 0.3) is 0 Å². The summed E-state index contributed by atoms with van der Waals surface area (Å²) in [5, 5.41) is 0.182. The zero-order valence-electron chi connectivity index (χ0n) is 37.5. The van der Waals surface area contributed by atoms with Gasteiger partial charge in [-0.1, -0.05) is 156 Å². The summed E-state index contributed by atoms with van der Waals surface area (Å²) in [5.41, 5.74) is -0.956. The van der Waals surface area contributed by atoms with Crippen molar-refractivity contribution in [3.05, 3.63) is 0 Å². The summed E-state index contributed by atoms with van der Waals surface area (Å²) < 4.78 is 38.4. The third-order valence-corrected chi connectivity index (χ3v) is 14.8. The summed E-state index contributed by atoms with van der Waals surface area (Å²) in [4.78, 5) is 52.5. The Labute approximate surface area is 353 Å². The van der Waals surface area contributed by atoms with E-state index >= 15 is 0 Å². The van der Waals surface area contributed by atoms with Gasteiger partial charge in [0.15, 0.2) is 10.7 Å². The highest BCUT2D eigenvalue weighted by Crippen LogP contribution is 2.36. The predicted molar refractivity (Wildman–Crippen MR) is 233 cm³/mol. The van der Waals surface area contributed by atoms with Crippen molar-refractivity contribution in [1.82, 2.24) is 0 Å². The number of hydrogen-bond donors (Lipinski definition) is 0. The third kappa shape index (κ3) is 23.2. The van der Waals surface area contributed by atoms with E-state index in [1.165, 1.54) is 24.6 Å². The Kier molecular flexibility index (Phi) is 30.4. The van der Waals surface area contributed by atoms with Gasteiger partial charge in [-0.25, -0.2) is 0 Å². The van der Waals surface area contributed by atoms with Crippen molar-refractivity contribution in [3.63, 3.8) is 0 Å². The van der Waals surface area contributed by atoms with E-state index in [1.807, 2.05) is 13.8 Å². The predicted octanol–water partition coefficient (Wildman–Crippen LogP) is 12.4. The maximum atomic E-state index is 13.4. The molecule has 1 aliphatic rings. The van der Waals surface area contributed by atoms with E-state index in [-0.39, 0.29) is 43.6 Å². The number of hydrogen-bond acceptors (Lipinski definition) is 11. The number of esters is 3. The molecule has 1 unspecified atom stereocenters. The summed E-state index contributed by atoms with van der Waals surface area (Å²) in [6.45, 7) is 14.4. The second kappa shape index (κ2) is 32.3. The van der Waals surface area contributed by atoms with Gasteiger partial charge in [-0.2, -0.15) is 0 Å². The SMILES string of the molecule is CCCCCCCC(=O)OC1(CC)CO[Si](CCCSC(=O)CCCCCCC)(OC(C)C(CC)(OC(=O)CCCCCCC)OC(=O)CCCCCCC)OC1. The maximum absolute atomic E-state index is 13.4. The molecule has 1 saturated heterocycles. The molecule has 0 aromatic rings. The largest absolute Gasteiger partial charge is 0.501 e. The van der Waals surface area contributed by atoms with Gasteiger partial charge in [0.2, 0.25) is 0 Å². The van der Waals surface area contributed by atoms with Gasteiger partial charge in [0.1, 0.15) is 6.10 Å². The molecule has 0 aliphatic carbocycles. The molecule has 0 spiro atoms. The number of unbranched alkanes of at least 4 members (excludes halogenated alkanes) is 16. The lowest BCUT2D eigenvalue weighted by molar-refractivity contribution is -0.263. The van der Waals surface area contributed by atoms with Crippen molar-refractivity contribution in [1.29, 1.82) is 0 Å². The molecular formula is C45H84O10SSi. The Morgan fingerprint density at radius 3 is 1.44 bits per heavy atom. The molecule has 0 saturated carbocycles. The van der Waals surface area contributed by atoms with Crippen LogP contribution in [0.15, 0.2) is 0 Å². The molecule has 0 radical (unpaired) electrons. The Morgan fingerprint density at radius 2 is 1.02 bits per heavy atom. The molecule has 334 valence electrons. The molecule has 0 bridgehead atoms. The average molecular weight is 845 g/mol. The van der Waals surface area contributed by atoms with Crippen molar-refractivity contribution in [2.45, 2.75) is 245 Å². The first kappa shape index (κ1) is 53.5. The fraction of sp³-hybridized carbons (Fsp3) is 0.911. The topological polar surface area (TPSA) is 124 Å². The van der Waals surface area contributed by atoms with E-state index < -0.39 is 38.2 Å². The lowest BCUT2D eigenvalue weighted by Crippen LogP contribution is -2.63. The number of thioether (sulfide) groups is 1. The van der Waals surface area contributed by atoms with Gasteiger partial charge < -0.3 is 27.5 Å². The van der Waals surface area contributed by atoms with Crippen molar-refractivity contribution >= 4 is 43.6 Å². The molecule has 10 nitrogen and oxygen atoms in total. The van der Waals surface area contributed by atoms with Gasteiger partial charge in [-0.05, 0) is 45.4 Å². The van der Waals surface area contributed by atoms with Gasteiger partial charge in [0.05, 0.1) is 13.2 Å². The zero-order valence-corrected chi connectivity index (χ0v) is 39.3. The molecule has 0 N–H and O–H groups in total. The van der Waals surface area contributed by atoms with Crippen molar-refractivity contribution < 1.29 is 46.7 Å². The summed E-state index contributed by atoms with van der Waals surface area (Å²) in [6.07, 6.45) is 22.1. The lowest BCUT2D eigenvalue weighted by atomic mass is 10.0. The molecule has 12 heteroatoms. The smallest absolute Gasteiger partial charge is 0.454 e. The second-order valence-electron chi connectivity index (χ2n) is 16.1.